The number of amides is 1. The maximum atomic E-state index is 12.0. The van der Waals surface area contributed by atoms with Crippen LogP contribution in [0.15, 0.2) is 24.3 Å². The van der Waals surface area contributed by atoms with E-state index in [9.17, 15) is 4.79 Å². The van der Waals surface area contributed by atoms with E-state index in [1.165, 1.54) is 5.56 Å². The van der Waals surface area contributed by atoms with Crippen molar-refractivity contribution in [2.45, 2.75) is 39.7 Å². The van der Waals surface area contributed by atoms with Gasteiger partial charge in [-0.2, -0.15) is 0 Å². The van der Waals surface area contributed by atoms with Gasteiger partial charge < -0.3 is 14.4 Å². The van der Waals surface area contributed by atoms with E-state index < -0.39 is 5.60 Å². The fourth-order valence-corrected chi connectivity index (χ4v) is 1.76. The number of benzene rings is 1. The Morgan fingerprint density at radius 1 is 1.20 bits per heavy atom. The van der Waals surface area contributed by atoms with Crippen LogP contribution in [0.4, 0.5) is 4.79 Å². The number of carbonyl (C=O) groups is 1. The lowest BCUT2D eigenvalue weighted by atomic mass is 10.1. The first-order chi connectivity index (χ1) is 9.35. The smallest absolute Gasteiger partial charge is 0.410 e. The fourth-order valence-electron chi connectivity index (χ4n) is 1.76. The molecule has 0 aliphatic carbocycles. The number of hydrogen-bond donors (Lipinski definition) is 0. The molecule has 1 rings (SSSR count). The molecule has 20 heavy (non-hydrogen) atoms. The lowest BCUT2D eigenvalue weighted by Crippen LogP contribution is -2.37. The number of nitrogens with zero attached hydrogens (tertiary/aromatic N) is 1. The van der Waals surface area contributed by atoms with Crippen LogP contribution in [0.3, 0.4) is 0 Å². The minimum atomic E-state index is -0.454. The third-order valence-corrected chi connectivity index (χ3v) is 2.86. The Hall–Kier alpha value is -1.71. The first-order valence-electron chi connectivity index (χ1n) is 6.96. The van der Waals surface area contributed by atoms with Crippen LogP contribution in [0.5, 0.6) is 5.75 Å². The summed E-state index contributed by atoms with van der Waals surface area (Å²) >= 11 is 0. The Morgan fingerprint density at radius 3 is 2.25 bits per heavy atom. The van der Waals surface area contributed by atoms with Crippen LogP contribution in [0.1, 0.15) is 33.3 Å². The minimum absolute atomic E-state index is 0.256. The number of rotatable bonds is 5. The highest BCUT2D eigenvalue weighted by Crippen LogP contribution is 2.13. The zero-order valence-electron chi connectivity index (χ0n) is 13.1. The van der Waals surface area contributed by atoms with E-state index in [-0.39, 0.29) is 6.09 Å². The van der Waals surface area contributed by atoms with Crippen LogP contribution >= 0.6 is 0 Å². The highest BCUT2D eigenvalue weighted by molar-refractivity contribution is 5.68. The molecule has 0 bridgehead atoms. The van der Waals surface area contributed by atoms with Crippen LogP contribution in [-0.4, -0.2) is 36.8 Å². The molecule has 0 spiro atoms. The van der Waals surface area contributed by atoms with Gasteiger partial charge in [-0.3, -0.25) is 0 Å². The maximum absolute atomic E-state index is 12.0. The van der Waals surface area contributed by atoms with Crippen molar-refractivity contribution in [1.29, 1.82) is 0 Å². The number of ether oxygens (including phenoxy) is 2. The largest absolute Gasteiger partial charge is 0.497 e. The third-order valence-electron chi connectivity index (χ3n) is 2.86. The van der Waals surface area contributed by atoms with Gasteiger partial charge in [0.05, 0.1) is 7.11 Å². The monoisotopic (exact) mass is 279 g/mol. The topological polar surface area (TPSA) is 38.8 Å². The van der Waals surface area contributed by atoms with Gasteiger partial charge in [0.25, 0.3) is 0 Å². The number of methoxy groups -OCH3 is 1. The average molecular weight is 279 g/mol. The summed E-state index contributed by atoms with van der Waals surface area (Å²) in [7, 11) is 1.65. The third kappa shape index (κ3) is 5.51. The van der Waals surface area contributed by atoms with Crippen molar-refractivity contribution in [3.63, 3.8) is 0 Å². The van der Waals surface area contributed by atoms with Crippen molar-refractivity contribution < 1.29 is 14.3 Å². The quantitative estimate of drug-likeness (QED) is 0.828. The van der Waals surface area contributed by atoms with Gasteiger partial charge in [-0.1, -0.05) is 12.1 Å². The van der Waals surface area contributed by atoms with Crippen molar-refractivity contribution in [1.82, 2.24) is 4.90 Å². The Kier molecular flexibility index (Phi) is 5.86. The zero-order valence-corrected chi connectivity index (χ0v) is 13.1. The highest BCUT2D eigenvalue weighted by Gasteiger charge is 2.20. The van der Waals surface area contributed by atoms with Crippen LogP contribution in [0.2, 0.25) is 0 Å². The summed E-state index contributed by atoms with van der Waals surface area (Å²) < 4.78 is 10.5. The molecule has 0 atom stereocenters. The number of likely N-dealkylation sites (N-methyl/N-ethyl adjacent to an activating group) is 1. The second-order valence-corrected chi connectivity index (χ2v) is 5.66. The van der Waals surface area contributed by atoms with E-state index in [4.69, 9.17) is 9.47 Å². The summed E-state index contributed by atoms with van der Waals surface area (Å²) in [6.45, 7) is 8.88. The van der Waals surface area contributed by atoms with Crippen LogP contribution in [0, 0.1) is 0 Å². The van der Waals surface area contributed by atoms with Gasteiger partial charge in [0.1, 0.15) is 11.4 Å². The second kappa shape index (κ2) is 7.17. The summed E-state index contributed by atoms with van der Waals surface area (Å²) in [5.41, 5.74) is 0.720. The van der Waals surface area contributed by atoms with Gasteiger partial charge in [0, 0.05) is 13.1 Å². The van der Waals surface area contributed by atoms with Crippen molar-refractivity contribution in [2.75, 3.05) is 20.2 Å². The van der Waals surface area contributed by atoms with Gasteiger partial charge >= 0.3 is 6.09 Å². The summed E-state index contributed by atoms with van der Waals surface area (Å²) in [5.74, 6) is 0.841. The number of hydrogen-bond acceptors (Lipinski definition) is 3. The van der Waals surface area contributed by atoms with Gasteiger partial charge in [0.15, 0.2) is 0 Å². The molecule has 0 fully saturated rings. The molecule has 112 valence electrons. The molecular weight excluding hydrogens is 254 g/mol. The van der Waals surface area contributed by atoms with Crippen molar-refractivity contribution in [3.8, 4) is 5.75 Å². The molecule has 0 radical (unpaired) electrons. The normalized spacial score (nSPS) is 11.1. The van der Waals surface area contributed by atoms with E-state index in [0.717, 1.165) is 12.2 Å². The van der Waals surface area contributed by atoms with Gasteiger partial charge in [0.2, 0.25) is 0 Å². The Morgan fingerprint density at radius 2 is 1.80 bits per heavy atom. The summed E-state index contributed by atoms with van der Waals surface area (Å²) in [6.07, 6.45) is 0.547. The molecule has 1 aromatic carbocycles. The minimum Gasteiger partial charge on any atom is -0.497 e. The van der Waals surface area contributed by atoms with Crippen LogP contribution in [0.25, 0.3) is 0 Å². The molecule has 1 aromatic rings. The lowest BCUT2D eigenvalue weighted by molar-refractivity contribution is 0.0262. The molecule has 0 aliphatic rings. The zero-order chi connectivity index (χ0) is 15.2. The predicted molar refractivity (Wildman–Crippen MR) is 80.2 cm³/mol. The van der Waals surface area contributed by atoms with E-state index >= 15 is 0 Å². The van der Waals surface area contributed by atoms with E-state index in [0.29, 0.717) is 13.1 Å². The molecule has 0 unspecified atom stereocenters. The molecular formula is C16H25NO3. The molecule has 0 N–H and O–H groups in total. The van der Waals surface area contributed by atoms with E-state index in [2.05, 4.69) is 0 Å². The standard InChI is InChI=1S/C16H25NO3/c1-6-17(15(18)20-16(2,3)4)12-11-13-7-9-14(19-5)10-8-13/h7-10H,6,11-12H2,1-5H3. The Bertz CT molecular complexity index is 420. The molecule has 0 saturated heterocycles. The second-order valence-electron chi connectivity index (χ2n) is 5.66. The summed E-state index contributed by atoms with van der Waals surface area (Å²) in [6, 6.07) is 7.89. The van der Waals surface area contributed by atoms with Crippen molar-refractivity contribution in [3.05, 3.63) is 29.8 Å². The number of carbonyl (C=O) groups excluding carboxylic acids is 1. The van der Waals surface area contributed by atoms with Crippen molar-refractivity contribution in [2.24, 2.45) is 0 Å². The Labute approximate surface area is 121 Å². The lowest BCUT2D eigenvalue weighted by Gasteiger charge is -2.26. The van der Waals surface area contributed by atoms with Crippen molar-refractivity contribution >= 4 is 6.09 Å². The molecule has 4 heteroatoms. The first-order valence-corrected chi connectivity index (χ1v) is 6.96. The van der Waals surface area contributed by atoms with E-state index in [1.54, 1.807) is 12.0 Å². The molecule has 0 heterocycles. The molecule has 4 nitrogen and oxygen atoms in total. The fraction of sp³-hybridized carbons (Fsp3) is 0.562. The summed E-state index contributed by atoms with van der Waals surface area (Å²) in [5, 5.41) is 0. The highest BCUT2D eigenvalue weighted by atomic mass is 16.6. The molecule has 0 aliphatic heterocycles. The maximum Gasteiger partial charge on any atom is 0.410 e. The van der Waals surface area contributed by atoms with Crippen LogP contribution in [-0.2, 0) is 11.2 Å². The SMILES string of the molecule is CCN(CCc1ccc(OC)cc1)C(=O)OC(C)(C)C. The Balaban J connectivity index is 2.53. The molecule has 0 saturated carbocycles. The molecule has 1 amide bonds. The summed E-state index contributed by atoms with van der Waals surface area (Å²) in [4.78, 5) is 13.7. The average Bonchev–Trinajstić information content (AvgIpc) is 2.38. The van der Waals surface area contributed by atoms with Gasteiger partial charge in [-0.05, 0) is 51.8 Å². The van der Waals surface area contributed by atoms with Gasteiger partial charge in [-0.15, -0.1) is 0 Å². The van der Waals surface area contributed by atoms with Crippen LogP contribution < -0.4 is 4.74 Å². The first kappa shape index (κ1) is 16.3. The predicted octanol–water partition coefficient (Wildman–Crippen LogP) is 3.49. The van der Waals surface area contributed by atoms with E-state index in [1.807, 2.05) is 52.0 Å². The molecule has 0 aromatic heterocycles. The van der Waals surface area contributed by atoms with Gasteiger partial charge in [-0.25, -0.2) is 4.79 Å².